The first-order chi connectivity index (χ1) is 14.1. The molecule has 2 N–H and O–H groups in total. The molecule has 0 aromatic heterocycles. The third kappa shape index (κ3) is 6.00. The molecule has 7 nitrogen and oxygen atoms in total. The number of hydrogen-bond acceptors (Lipinski definition) is 6. The van der Waals surface area contributed by atoms with Crippen LogP contribution in [-0.2, 0) is 14.4 Å². The number of piperidine rings is 1. The van der Waals surface area contributed by atoms with Crippen LogP contribution in [0, 0.1) is 5.82 Å². The molecule has 1 aromatic rings. The molecule has 2 saturated heterocycles. The molecule has 0 radical (unpaired) electrons. The van der Waals surface area contributed by atoms with E-state index in [1.165, 1.54) is 6.07 Å². The van der Waals surface area contributed by atoms with Crippen molar-refractivity contribution in [3.8, 4) is 0 Å². The minimum atomic E-state index is -0.520. The SMILES string of the molecule is O=CCCCCCN1CCN(c2ccc(NC3CCC(=O)NC3=O)cc2F)CC1. The predicted octanol–water partition coefficient (Wildman–Crippen LogP) is 1.92. The molecule has 2 aliphatic rings. The maximum absolute atomic E-state index is 14.7. The zero-order valence-electron chi connectivity index (χ0n) is 16.7. The molecule has 3 rings (SSSR count). The van der Waals surface area contributed by atoms with Crippen molar-refractivity contribution in [2.75, 3.05) is 42.9 Å². The summed E-state index contributed by atoms with van der Waals surface area (Å²) < 4.78 is 14.7. The van der Waals surface area contributed by atoms with Crippen LogP contribution in [0.2, 0.25) is 0 Å². The Morgan fingerprint density at radius 1 is 1.14 bits per heavy atom. The van der Waals surface area contributed by atoms with Crippen LogP contribution in [-0.4, -0.2) is 61.8 Å². The van der Waals surface area contributed by atoms with Crippen LogP contribution in [0.4, 0.5) is 15.8 Å². The predicted molar refractivity (Wildman–Crippen MR) is 109 cm³/mol. The van der Waals surface area contributed by atoms with Gasteiger partial charge in [0.25, 0.3) is 0 Å². The lowest BCUT2D eigenvalue weighted by molar-refractivity contribution is -0.133. The van der Waals surface area contributed by atoms with Crippen LogP contribution in [0.25, 0.3) is 0 Å². The first-order valence-corrected chi connectivity index (χ1v) is 10.4. The first kappa shape index (κ1) is 21.2. The molecule has 0 bridgehead atoms. The number of carbonyl (C=O) groups excluding carboxylic acids is 3. The van der Waals surface area contributed by atoms with E-state index in [0.717, 1.165) is 58.3 Å². The van der Waals surface area contributed by atoms with Crippen molar-refractivity contribution in [2.24, 2.45) is 0 Å². The summed E-state index contributed by atoms with van der Waals surface area (Å²) in [7, 11) is 0. The van der Waals surface area contributed by atoms with Gasteiger partial charge in [-0.2, -0.15) is 0 Å². The summed E-state index contributed by atoms with van der Waals surface area (Å²) in [6, 6.07) is 4.42. The average molecular weight is 404 g/mol. The maximum Gasteiger partial charge on any atom is 0.249 e. The number of anilines is 2. The summed E-state index contributed by atoms with van der Waals surface area (Å²) in [5.41, 5.74) is 1.11. The molecule has 0 aliphatic carbocycles. The Hall–Kier alpha value is -2.48. The quantitative estimate of drug-likeness (QED) is 0.372. The van der Waals surface area contributed by atoms with E-state index in [9.17, 15) is 18.8 Å². The van der Waals surface area contributed by atoms with Gasteiger partial charge in [-0.3, -0.25) is 19.8 Å². The van der Waals surface area contributed by atoms with Gasteiger partial charge >= 0.3 is 0 Å². The van der Waals surface area contributed by atoms with E-state index in [-0.39, 0.29) is 24.1 Å². The largest absolute Gasteiger partial charge is 0.374 e. The Balaban J connectivity index is 1.47. The van der Waals surface area contributed by atoms with Gasteiger partial charge in [-0.15, -0.1) is 0 Å². The summed E-state index contributed by atoms with van der Waals surface area (Å²) >= 11 is 0. The van der Waals surface area contributed by atoms with E-state index in [0.29, 0.717) is 24.2 Å². The molecule has 1 atom stereocenters. The minimum Gasteiger partial charge on any atom is -0.374 e. The van der Waals surface area contributed by atoms with E-state index in [1.807, 2.05) is 4.90 Å². The fourth-order valence-electron chi connectivity index (χ4n) is 3.84. The van der Waals surface area contributed by atoms with E-state index >= 15 is 0 Å². The molecular formula is C21H29FN4O3. The Kier molecular flexibility index (Phi) is 7.57. The van der Waals surface area contributed by atoms with Gasteiger partial charge in [0, 0.05) is 44.7 Å². The molecular weight excluding hydrogens is 375 g/mol. The van der Waals surface area contributed by atoms with E-state index < -0.39 is 6.04 Å². The second kappa shape index (κ2) is 10.3. The molecule has 8 heteroatoms. The second-order valence-corrected chi connectivity index (χ2v) is 7.66. The lowest BCUT2D eigenvalue weighted by Gasteiger charge is -2.36. The molecule has 1 aromatic carbocycles. The minimum absolute atomic E-state index is 0.269. The number of amides is 2. The third-order valence-corrected chi connectivity index (χ3v) is 5.54. The molecule has 2 amide bonds. The molecule has 0 spiro atoms. The number of imide groups is 1. The highest BCUT2D eigenvalue weighted by Gasteiger charge is 2.26. The molecule has 1 unspecified atom stereocenters. The Morgan fingerprint density at radius 3 is 2.62 bits per heavy atom. The highest BCUT2D eigenvalue weighted by Crippen LogP contribution is 2.25. The van der Waals surface area contributed by atoms with Crippen molar-refractivity contribution in [3.63, 3.8) is 0 Å². The number of halogens is 1. The number of aldehydes is 1. The highest BCUT2D eigenvalue weighted by molar-refractivity contribution is 6.01. The summed E-state index contributed by atoms with van der Waals surface area (Å²) in [4.78, 5) is 37.8. The maximum atomic E-state index is 14.7. The summed E-state index contributed by atoms with van der Waals surface area (Å²) in [6.45, 7) is 4.34. The summed E-state index contributed by atoms with van der Waals surface area (Å²) in [5, 5.41) is 5.31. The van der Waals surface area contributed by atoms with Crippen LogP contribution in [0.3, 0.4) is 0 Å². The zero-order chi connectivity index (χ0) is 20.6. The van der Waals surface area contributed by atoms with Gasteiger partial charge in [0.2, 0.25) is 11.8 Å². The second-order valence-electron chi connectivity index (χ2n) is 7.66. The van der Waals surface area contributed by atoms with Gasteiger partial charge in [-0.25, -0.2) is 4.39 Å². The number of unbranched alkanes of at least 4 members (excludes halogenated alkanes) is 3. The normalized spacial score (nSPS) is 20.4. The van der Waals surface area contributed by atoms with Crippen LogP contribution in [0.1, 0.15) is 38.5 Å². The van der Waals surface area contributed by atoms with E-state index in [4.69, 9.17) is 0 Å². The fraction of sp³-hybridized carbons (Fsp3) is 0.571. The molecule has 2 aliphatic heterocycles. The topological polar surface area (TPSA) is 81.8 Å². The number of nitrogens with one attached hydrogen (secondary N) is 2. The Bertz CT molecular complexity index is 735. The Labute approximate surface area is 170 Å². The van der Waals surface area contributed by atoms with Crippen molar-refractivity contribution in [1.29, 1.82) is 0 Å². The van der Waals surface area contributed by atoms with Crippen molar-refractivity contribution < 1.29 is 18.8 Å². The van der Waals surface area contributed by atoms with Gasteiger partial charge in [-0.05, 0) is 44.0 Å². The number of hydrogen-bond donors (Lipinski definition) is 2. The standard InChI is InChI=1S/C21H29FN4O3/c22-17-15-16(23-18-6-8-20(28)24-21(18)29)5-7-19(17)26-12-10-25(11-13-26)9-3-1-2-4-14-27/h5,7,14-15,18,23H,1-4,6,8-13H2,(H,24,28,29). The third-order valence-electron chi connectivity index (χ3n) is 5.54. The van der Waals surface area contributed by atoms with Gasteiger partial charge in [-0.1, -0.05) is 6.42 Å². The molecule has 2 fully saturated rings. The summed E-state index contributed by atoms with van der Waals surface area (Å²) in [5.74, 6) is -0.952. The van der Waals surface area contributed by atoms with Crippen LogP contribution < -0.4 is 15.5 Å². The van der Waals surface area contributed by atoms with Gasteiger partial charge in [0.1, 0.15) is 18.1 Å². The number of rotatable bonds is 9. The Morgan fingerprint density at radius 2 is 1.93 bits per heavy atom. The molecule has 2 heterocycles. The lowest BCUT2D eigenvalue weighted by atomic mass is 10.1. The monoisotopic (exact) mass is 404 g/mol. The molecule has 29 heavy (non-hydrogen) atoms. The van der Waals surface area contributed by atoms with Crippen molar-refractivity contribution in [1.82, 2.24) is 10.2 Å². The van der Waals surface area contributed by atoms with Crippen LogP contribution in [0.15, 0.2) is 18.2 Å². The average Bonchev–Trinajstić information content (AvgIpc) is 2.71. The number of piperazine rings is 1. The highest BCUT2D eigenvalue weighted by atomic mass is 19.1. The molecule has 0 saturated carbocycles. The van der Waals surface area contributed by atoms with Crippen molar-refractivity contribution in [2.45, 2.75) is 44.6 Å². The van der Waals surface area contributed by atoms with Gasteiger partial charge in [0.05, 0.1) is 5.69 Å². The van der Waals surface area contributed by atoms with Gasteiger partial charge in [0.15, 0.2) is 0 Å². The van der Waals surface area contributed by atoms with Crippen molar-refractivity contribution in [3.05, 3.63) is 24.0 Å². The summed E-state index contributed by atoms with van der Waals surface area (Å²) in [6.07, 6.45) is 5.41. The van der Waals surface area contributed by atoms with E-state index in [2.05, 4.69) is 15.5 Å². The number of benzene rings is 1. The van der Waals surface area contributed by atoms with Crippen molar-refractivity contribution >= 4 is 29.5 Å². The first-order valence-electron chi connectivity index (χ1n) is 10.4. The smallest absolute Gasteiger partial charge is 0.249 e. The van der Waals surface area contributed by atoms with Gasteiger partial charge < -0.3 is 15.0 Å². The molecule has 158 valence electrons. The fourth-order valence-corrected chi connectivity index (χ4v) is 3.84. The van der Waals surface area contributed by atoms with Crippen LogP contribution in [0.5, 0.6) is 0 Å². The lowest BCUT2D eigenvalue weighted by Crippen LogP contribution is -2.47. The van der Waals surface area contributed by atoms with Crippen LogP contribution >= 0.6 is 0 Å². The number of nitrogens with zero attached hydrogens (tertiary/aromatic N) is 2. The number of carbonyl (C=O) groups is 3. The van der Waals surface area contributed by atoms with E-state index in [1.54, 1.807) is 12.1 Å². The zero-order valence-corrected chi connectivity index (χ0v) is 16.7.